The molecule has 0 aliphatic heterocycles. The third kappa shape index (κ3) is 3.97. The lowest BCUT2D eigenvalue weighted by Crippen LogP contribution is -2.18. The molecule has 0 heterocycles. The van der Waals surface area contributed by atoms with Gasteiger partial charge in [0, 0.05) is 10.5 Å². The minimum Gasteiger partial charge on any atom is -0.497 e. The van der Waals surface area contributed by atoms with Crippen LogP contribution in [0.1, 0.15) is 12.5 Å². The maximum atomic E-state index is 13.7. The maximum Gasteiger partial charge on any atom is 0.146 e. The van der Waals surface area contributed by atoms with Crippen molar-refractivity contribution in [1.29, 1.82) is 0 Å². The predicted octanol–water partition coefficient (Wildman–Crippen LogP) is 4.64. The molecule has 1 N–H and O–H groups in total. The third-order valence-electron chi connectivity index (χ3n) is 3.03. The first kappa shape index (κ1) is 14.9. The third-order valence-corrected chi connectivity index (χ3v) is 3.52. The fourth-order valence-corrected chi connectivity index (χ4v) is 2.40. The normalized spacial score (nSPS) is 12.0. The summed E-state index contributed by atoms with van der Waals surface area (Å²) < 4.78 is 19.7. The van der Waals surface area contributed by atoms with E-state index in [4.69, 9.17) is 4.74 Å². The number of anilines is 1. The Bertz CT molecular complexity index is 571. The van der Waals surface area contributed by atoms with Crippen LogP contribution >= 0.6 is 15.9 Å². The smallest absolute Gasteiger partial charge is 0.146 e. The molecular weight excluding hydrogens is 321 g/mol. The molecule has 2 rings (SSSR count). The molecule has 0 bridgehead atoms. The Hall–Kier alpha value is -1.55. The molecule has 0 fully saturated rings. The van der Waals surface area contributed by atoms with Crippen LogP contribution in [0.25, 0.3) is 0 Å². The van der Waals surface area contributed by atoms with E-state index in [0.29, 0.717) is 5.69 Å². The first-order chi connectivity index (χ1) is 9.58. The summed E-state index contributed by atoms with van der Waals surface area (Å²) in [6.07, 6.45) is 0.815. The molecule has 0 amide bonds. The first-order valence-corrected chi connectivity index (χ1v) is 7.22. The van der Waals surface area contributed by atoms with Gasteiger partial charge in [-0.15, -0.1) is 0 Å². The summed E-state index contributed by atoms with van der Waals surface area (Å²) >= 11 is 3.35. The molecule has 1 atom stereocenters. The van der Waals surface area contributed by atoms with Crippen molar-refractivity contribution in [3.05, 3.63) is 58.3 Å². The monoisotopic (exact) mass is 337 g/mol. The van der Waals surface area contributed by atoms with Crippen LogP contribution in [0, 0.1) is 5.82 Å². The van der Waals surface area contributed by atoms with Crippen LogP contribution in [0.3, 0.4) is 0 Å². The van der Waals surface area contributed by atoms with Crippen molar-refractivity contribution in [1.82, 2.24) is 0 Å². The number of rotatable bonds is 5. The molecule has 2 aromatic rings. The number of methoxy groups -OCH3 is 1. The fraction of sp³-hybridized carbons (Fsp3) is 0.250. The van der Waals surface area contributed by atoms with E-state index in [2.05, 4.69) is 21.2 Å². The van der Waals surface area contributed by atoms with E-state index in [9.17, 15) is 4.39 Å². The lowest BCUT2D eigenvalue weighted by molar-refractivity contribution is 0.414. The molecular formula is C16H17BrFNO. The van der Waals surface area contributed by atoms with Gasteiger partial charge in [-0.3, -0.25) is 0 Å². The van der Waals surface area contributed by atoms with Crippen LogP contribution in [0.4, 0.5) is 10.1 Å². The van der Waals surface area contributed by atoms with Crippen molar-refractivity contribution in [3.8, 4) is 5.75 Å². The van der Waals surface area contributed by atoms with E-state index >= 15 is 0 Å². The minimum absolute atomic E-state index is 0.132. The Balaban J connectivity index is 2.00. The molecule has 0 aromatic heterocycles. The topological polar surface area (TPSA) is 21.3 Å². The SMILES string of the molecule is COc1ccc(CC(C)Nc2cc(Br)ccc2F)cc1. The fourth-order valence-electron chi connectivity index (χ4n) is 2.04. The Morgan fingerprint density at radius 1 is 1.20 bits per heavy atom. The van der Waals surface area contributed by atoms with E-state index < -0.39 is 0 Å². The molecule has 2 aromatic carbocycles. The molecule has 0 saturated carbocycles. The van der Waals surface area contributed by atoms with Gasteiger partial charge < -0.3 is 10.1 Å². The Morgan fingerprint density at radius 3 is 2.55 bits per heavy atom. The Morgan fingerprint density at radius 2 is 1.90 bits per heavy atom. The van der Waals surface area contributed by atoms with Gasteiger partial charge in [-0.05, 0) is 49.2 Å². The number of hydrogen-bond donors (Lipinski definition) is 1. The second-order valence-corrected chi connectivity index (χ2v) is 5.64. The van der Waals surface area contributed by atoms with Gasteiger partial charge in [-0.25, -0.2) is 4.39 Å². The number of halogens is 2. The minimum atomic E-state index is -0.241. The van der Waals surface area contributed by atoms with E-state index in [-0.39, 0.29) is 11.9 Å². The second-order valence-electron chi connectivity index (χ2n) is 4.72. The Kier molecular flexibility index (Phi) is 5.01. The van der Waals surface area contributed by atoms with E-state index in [1.54, 1.807) is 19.2 Å². The van der Waals surface area contributed by atoms with Crippen molar-refractivity contribution in [2.75, 3.05) is 12.4 Å². The highest BCUT2D eigenvalue weighted by Gasteiger charge is 2.08. The molecule has 0 spiro atoms. The van der Waals surface area contributed by atoms with Gasteiger partial charge in [0.05, 0.1) is 12.8 Å². The average Bonchev–Trinajstić information content (AvgIpc) is 2.43. The molecule has 0 radical (unpaired) electrons. The zero-order valence-electron chi connectivity index (χ0n) is 11.5. The summed E-state index contributed by atoms with van der Waals surface area (Å²) in [7, 11) is 1.65. The van der Waals surface area contributed by atoms with Crippen molar-refractivity contribution >= 4 is 21.6 Å². The number of benzene rings is 2. The van der Waals surface area contributed by atoms with Crippen LogP contribution in [-0.4, -0.2) is 13.2 Å². The highest BCUT2D eigenvalue weighted by molar-refractivity contribution is 9.10. The van der Waals surface area contributed by atoms with Gasteiger partial charge in [0.15, 0.2) is 0 Å². The summed E-state index contributed by atoms with van der Waals surface area (Å²) in [5.41, 5.74) is 1.70. The quantitative estimate of drug-likeness (QED) is 0.858. The molecule has 4 heteroatoms. The number of hydrogen-bond acceptors (Lipinski definition) is 2. The molecule has 0 aliphatic carbocycles. The summed E-state index contributed by atoms with van der Waals surface area (Å²) in [6, 6.07) is 12.9. The zero-order chi connectivity index (χ0) is 14.5. The lowest BCUT2D eigenvalue weighted by Gasteiger charge is -2.16. The molecule has 0 aliphatic rings. The molecule has 2 nitrogen and oxygen atoms in total. The van der Waals surface area contributed by atoms with Crippen LogP contribution in [0.2, 0.25) is 0 Å². The molecule has 20 heavy (non-hydrogen) atoms. The van der Waals surface area contributed by atoms with Gasteiger partial charge in [0.25, 0.3) is 0 Å². The van der Waals surface area contributed by atoms with Gasteiger partial charge in [-0.1, -0.05) is 28.1 Å². The first-order valence-electron chi connectivity index (χ1n) is 6.43. The summed E-state index contributed by atoms with van der Waals surface area (Å²) in [4.78, 5) is 0. The zero-order valence-corrected chi connectivity index (χ0v) is 13.1. The highest BCUT2D eigenvalue weighted by Crippen LogP contribution is 2.21. The predicted molar refractivity (Wildman–Crippen MR) is 83.9 cm³/mol. The maximum absolute atomic E-state index is 13.7. The standard InChI is InChI=1S/C16H17BrFNO/c1-11(9-12-3-6-14(20-2)7-4-12)19-16-10-13(17)5-8-15(16)18/h3-8,10-11,19H,9H2,1-2H3. The lowest BCUT2D eigenvalue weighted by atomic mass is 10.1. The number of ether oxygens (including phenoxy) is 1. The summed E-state index contributed by atoms with van der Waals surface area (Å²) in [6.45, 7) is 2.03. The van der Waals surface area contributed by atoms with Crippen molar-refractivity contribution < 1.29 is 9.13 Å². The van der Waals surface area contributed by atoms with Gasteiger partial charge in [-0.2, -0.15) is 0 Å². The largest absolute Gasteiger partial charge is 0.497 e. The molecule has 0 saturated heterocycles. The average molecular weight is 338 g/mol. The van der Waals surface area contributed by atoms with Gasteiger partial charge in [0.1, 0.15) is 11.6 Å². The highest BCUT2D eigenvalue weighted by atomic mass is 79.9. The number of nitrogens with one attached hydrogen (secondary N) is 1. The second kappa shape index (κ2) is 6.75. The van der Waals surface area contributed by atoms with Crippen molar-refractivity contribution in [2.45, 2.75) is 19.4 Å². The van der Waals surface area contributed by atoms with Gasteiger partial charge in [0.2, 0.25) is 0 Å². The molecule has 1 unspecified atom stereocenters. The van der Waals surface area contributed by atoms with E-state index in [1.807, 2.05) is 31.2 Å². The van der Waals surface area contributed by atoms with Crippen molar-refractivity contribution in [3.63, 3.8) is 0 Å². The van der Waals surface area contributed by atoms with Crippen LogP contribution in [-0.2, 0) is 6.42 Å². The van der Waals surface area contributed by atoms with E-state index in [1.165, 1.54) is 11.6 Å². The summed E-state index contributed by atoms with van der Waals surface area (Å²) in [5.74, 6) is 0.599. The van der Waals surface area contributed by atoms with Gasteiger partial charge >= 0.3 is 0 Å². The van der Waals surface area contributed by atoms with Crippen molar-refractivity contribution in [2.24, 2.45) is 0 Å². The van der Waals surface area contributed by atoms with Crippen LogP contribution < -0.4 is 10.1 Å². The molecule has 106 valence electrons. The Labute approximate surface area is 127 Å². The summed E-state index contributed by atoms with van der Waals surface area (Å²) in [5, 5.41) is 3.19. The van der Waals surface area contributed by atoms with Crippen LogP contribution in [0.15, 0.2) is 46.9 Å². The van der Waals surface area contributed by atoms with Crippen LogP contribution in [0.5, 0.6) is 5.75 Å². The van der Waals surface area contributed by atoms with E-state index in [0.717, 1.165) is 16.6 Å².